The second-order valence-corrected chi connectivity index (χ2v) is 5.06. The van der Waals surface area contributed by atoms with Gasteiger partial charge in [-0.05, 0) is 39.3 Å². The monoisotopic (exact) mass is 288 g/mol. The molecule has 0 unspecified atom stereocenters. The van der Waals surface area contributed by atoms with Crippen molar-refractivity contribution in [2.24, 2.45) is 0 Å². The lowest BCUT2D eigenvalue weighted by Crippen LogP contribution is -2.09. The molecule has 112 valence electrons. The highest BCUT2D eigenvalue weighted by Gasteiger charge is 2.11. The molecule has 2 N–H and O–H groups in total. The van der Waals surface area contributed by atoms with E-state index in [1.54, 1.807) is 13.0 Å². The third kappa shape index (κ3) is 3.48. The Hall–Kier alpha value is -2.17. The SMILES string of the molecule is CCCNc1nc(C)nc(Nc2cccc(F)c2C)c1C. The van der Waals surface area contributed by atoms with Crippen LogP contribution in [-0.2, 0) is 0 Å². The van der Waals surface area contributed by atoms with Crippen LogP contribution in [0.15, 0.2) is 18.2 Å². The van der Waals surface area contributed by atoms with Crippen LogP contribution in [0.5, 0.6) is 0 Å². The van der Waals surface area contributed by atoms with Crippen molar-refractivity contribution < 1.29 is 4.39 Å². The van der Waals surface area contributed by atoms with Crippen LogP contribution in [0, 0.1) is 26.6 Å². The summed E-state index contributed by atoms with van der Waals surface area (Å²) in [7, 11) is 0. The van der Waals surface area contributed by atoms with Crippen molar-refractivity contribution in [3.05, 3.63) is 41.0 Å². The van der Waals surface area contributed by atoms with Crippen molar-refractivity contribution in [1.29, 1.82) is 0 Å². The number of aromatic nitrogens is 2. The molecule has 0 spiro atoms. The average Bonchev–Trinajstić information content (AvgIpc) is 2.45. The van der Waals surface area contributed by atoms with Gasteiger partial charge in [-0.25, -0.2) is 14.4 Å². The Balaban J connectivity index is 2.35. The molecule has 0 fully saturated rings. The number of rotatable bonds is 5. The van der Waals surface area contributed by atoms with E-state index in [0.717, 1.165) is 30.0 Å². The van der Waals surface area contributed by atoms with Gasteiger partial charge in [0.05, 0.1) is 0 Å². The van der Waals surface area contributed by atoms with Crippen molar-refractivity contribution >= 4 is 17.3 Å². The molecule has 21 heavy (non-hydrogen) atoms. The number of nitrogens with one attached hydrogen (secondary N) is 2. The van der Waals surface area contributed by atoms with Crippen molar-refractivity contribution in [3.63, 3.8) is 0 Å². The first-order valence-corrected chi connectivity index (χ1v) is 7.14. The predicted molar refractivity (Wildman–Crippen MR) is 84.7 cm³/mol. The number of hydrogen-bond donors (Lipinski definition) is 2. The molecule has 1 heterocycles. The van der Waals surface area contributed by atoms with Crippen molar-refractivity contribution in [3.8, 4) is 0 Å². The van der Waals surface area contributed by atoms with Gasteiger partial charge >= 0.3 is 0 Å². The lowest BCUT2D eigenvalue weighted by molar-refractivity contribution is 0.619. The molecular weight excluding hydrogens is 267 g/mol. The van der Waals surface area contributed by atoms with Crippen LogP contribution in [0.4, 0.5) is 21.7 Å². The minimum atomic E-state index is -0.229. The van der Waals surface area contributed by atoms with Crippen molar-refractivity contribution in [2.45, 2.75) is 34.1 Å². The molecular formula is C16H21FN4. The molecule has 0 saturated heterocycles. The fourth-order valence-electron chi connectivity index (χ4n) is 2.04. The minimum Gasteiger partial charge on any atom is -0.370 e. The number of anilines is 3. The largest absolute Gasteiger partial charge is 0.370 e. The van der Waals surface area contributed by atoms with E-state index in [4.69, 9.17) is 0 Å². The molecule has 2 rings (SSSR count). The van der Waals surface area contributed by atoms with Gasteiger partial charge in [0, 0.05) is 23.4 Å². The number of halogens is 1. The van der Waals surface area contributed by atoms with Gasteiger partial charge in [-0.1, -0.05) is 13.0 Å². The Morgan fingerprint density at radius 2 is 1.76 bits per heavy atom. The maximum atomic E-state index is 13.6. The third-order valence-electron chi connectivity index (χ3n) is 3.32. The first-order valence-electron chi connectivity index (χ1n) is 7.14. The van der Waals surface area contributed by atoms with E-state index in [0.29, 0.717) is 17.2 Å². The standard InChI is InChI=1S/C16H21FN4/c1-5-9-18-15-11(3)16(20-12(4)19-15)21-14-8-6-7-13(17)10(14)2/h6-8H,5,9H2,1-4H3,(H2,18,19,20,21). The summed E-state index contributed by atoms with van der Waals surface area (Å²) in [5.41, 5.74) is 2.23. The number of benzene rings is 1. The van der Waals surface area contributed by atoms with E-state index >= 15 is 0 Å². The van der Waals surface area contributed by atoms with Crippen LogP contribution in [-0.4, -0.2) is 16.5 Å². The summed E-state index contributed by atoms with van der Waals surface area (Å²) in [5, 5.41) is 6.50. The highest BCUT2D eigenvalue weighted by molar-refractivity contribution is 5.66. The Labute approximate surface area is 124 Å². The Bertz CT molecular complexity index is 640. The van der Waals surface area contributed by atoms with Crippen molar-refractivity contribution in [1.82, 2.24) is 9.97 Å². The second-order valence-electron chi connectivity index (χ2n) is 5.06. The summed E-state index contributed by atoms with van der Waals surface area (Å²) >= 11 is 0. The Morgan fingerprint density at radius 3 is 2.48 bits per heavy atom. The Morgan fingerprint density at radius 1 is 1.05 bits per heavy atom. The average molecular weight is 288 g/mol. The van der Waals surface area contributed by atoms with Crippen LogP contribution in [0.3, 0.4) is 0 Å². The van der Waals surface area contributed by atoms with Crippen LogP contribution in [0.1, 0.15) is 30.3 Å². The topological polar surface area (TPSA) is 49.8 Å². The summed E-state index contributed by atoms with van der Waals surface area (Å²) in [4.78, 5) is 8.84. The zero-order valence-corrected chi connectivity index (χ0v) is 12.9. The van der Waals surface area contributed by atoms with Gasteiger partial charge in [0.25, 0.3) is 0 Å². The van der Waals surface area contributed by atoms with E-state index in [9.17, 15) is 4.39 Å². The molecule has 1 aromatic carbocycles. The highest BCUT2D eigenvalue weighted by Crippen LogP contribution is 2.26. The van der Waals surface area contributed by atoms with Gasteiger partial charge in [-0.2, -0.15) is 0 Å². The maximum Gasteiger partial charge on any atom is 0.139 e. The van der Waals surface area contributed by atoms with Crippen LogP contribution < -0.4 is 10.6 Å². The van der Waals surface area contributed by atoms with Gasteiger partial charge in [-0.15, -0.1) is 0 Å². The Kier molecular flexibility index (Phi) is 4.73. The maximum absolute atomic E-state index is 13.6. The molecule has 0 aliphatic carbocycles. The molecule has 0 amide bonds. The molecule has 5 heteroatoms. The minimum absolute atomic E-state index is 0.229. The molecule has 2 aromatic rings. The highest BCUT2D eigenvalue weighted by atomic mass is 19.1. The van der Waals surface area contributed by atoms with E-state index in [1.165, 1.54) is 6.07 Å². The number of aryl methyl sites for hydroxylation is 1. The predicted octanol–water partition coefficient (Wildman–Crippen LogP) is 4.11. The van der Waals surface area contributed by atoms with E-state index < -0.39 is 0 Å². The van der Waals surface area contributed by atoms with Crippen LogP contribution in [0.25, 0.3) is 0 Å². The van der Waals surface area contributed by atoms with Gasteiger partial charge in [0.2, 0.25) is 0 Å². The lowest BCUT2D eigenvalue weighted by atomic mass is 10.2. The van der Waals surface area contributed by atoms with Gasteiger partial charge in [-0.3, -0.25) is 0 Å². The second kappa shape index (κ2) is 6.52. The van der Waals surface area contributed by atoms with Gasteiger partial charge < -0.3 is 10.6 Å². The first-order chi connectivity index (χ1) is 10.0. The lowest BCUT2D eigenvalue weighted by Gasteiger charge is -2.15. The smallest absolute Gasteiger partial charge is 0.139 e. The molecule has 0 radical (unpaired) electrons. The molecule has 0 aliphatic heterocycles. The molecule has 0 saturated carbocycles. The third-order valence-corrected chi connectivity index (χ3v) is 3.32. The fraction of sp³-hybridized carbons (Fsp3) is 0.375. The molecule has 1 aromatic heterocycles. The van der Waals surface area contributed by atoms with Crippen molar-refractivity contribution in [2.75, 3.05) is 17.2 Å². The normalized spacial score (nSPS) is 10.5. The number of nitrogens with zero attached hydrogens (tertiary/aromatic N) is 2. The van der Waals surface area contributed by atoms with Crippen LogP contribution in [0.2, 0.25) is 0 Å². The summed E-state index contributed by atoms with van der Waals surface area (Å²) in [6.45, 7) is 8.51. The van der Waals surface area contributed by atoms with E-state index in [2.05, 4.69) is 27.5 Å². The van der Waals surface area contributed by atoms with Crippen LogP contribution >= 0.6 is 0 Å². The van der Waals surface area contributed by atoms with Gasteiger partial charge in [0.1, 0.15) is 23.3 Å². The quantitative estimate of drug-likeness (QED) is 0.869. The zero-order chi connectivity index (χ0) is 15.4. The summed E-state index contributed by atoms with van der Waals surface area (Å²) < 4.78 is 13.6. The molecule has 0 atom stereocenters. The summed E-state index contributed by atoms with van der Waals surface area (Å²) in [6, 6.07) is 4.98. The number of hydrogen-bond acceptors (Lipinski definition) is 4. The van der Waals surface area contributed by atoms with E-state index in [-0.39, 0.29) is 5.82 Å². The molecule has 0 bridgehead atoms. The van der Waals surface area contributed by atoms with Gasteiger partial charge in [0.15, 0.2) is 0 Å². The molecule has 0 aliphatic rings. The first kappa shape index (κ1) is 15.2. The summed E-state index contributed by atoms with van der Waals surface area (Å²) in [6.07, 6.45) is 1.02. The fourth-order valence-corrected chi connectivity index (χ4v) is 2.04. The summed E-state index contributed by atoms with van der Waals surface area (Å²) in [5.74, 6) is 1.97. The molecule has 4 nitrogen and oxygen atoms in total. The zero-order valence-electron chi connectivity index (χ0n) is 12.9. The van der Waals surface area contributed by atoms with E-state index in [1.807, 2.05) is 19.9 Å².